The van der Waals surface area contributed by atoms with Crippen LogP contribution in [0.25, 0.3) is 0 Å². The number of fused-ring (bicyclic) bond motifs is 1. The molecule has 0 N–H and O–H groups in total. The summed E-state index contributed by atoms with van der Waals surface area (Å²) in [5, 5.41) is 9.42. The lowest BCUT2D eigenvalue weighted by molar-refractivity contribution is -0.146. The maximum atomic E-state index is 13.9. The lowest BCUT2D eigenvalue weighted by Gasteiger charge is -2.26. The summed E-state index contributed by atoms with van der Waals surface area (Å²) in [5.41, 5.74) is 1.35. The maximum absolute atomic E-state index is 13.9. The van der Waals surface area contributed by atoms with Gasteiger partial charge in [-0.3, -0.25) is 19.2 Å². The van der Waals surface area contributed by atoms with E-state index in [-0.39, 0.29) is 50.6 Å². The first-order valence-electron chi connectivity index (χ1n) is 25.0. The number of ether oxygens (including phenoxy) is 12. The summed E-state index contributed by atoms with van der Waals surface area (Å²) in [6, 6.07) is 20.7. The van der Waals surface area contributed by atoms with Crippen molar-refractivity contribution < 1.29 is 95.2 Å². The number of hydrogen-bond acceptors (Lipinski definition) is 23. The highest BCUT2D eigenvalue weighted by molar-refractivity contribution is 8.19. The van der Waals surface area contributed by atoms with E-state index in [4.69, 9.17) is 56.8 Å². The van der Waals surface area contributed by atoms with Crippen LogP contribution in [0.5, 0.6) is 46.0 Å². The lowest BCUT2D eigenvalue weighted by atomic mass is 9.82. The van der Waals surface area contributed by atoms with E-state index >= 15 is 0 Å². The SMILES string of the molecule is C=CC(=O)OCOc1ccc(OC(=O)C2CCC(C(=O)Oc3ccc(OC(=O)C4CCC(C(=O)Oc5ccc(OCOC(=O)C=C)c(OCOC(=O)C=C)c5)CC4)c4c3SC(c3ccc(C#N)cc3)S4)CC2)cc1OCOC(=O)C=C. The average Bonchev–Trinajstić information content (AvgIpc) is 4.17. The van der Waals surface area contributed by atoms with Gasteiger partial charge in [0.05, 0.1) is 49.7 Å². The van der Waals surface area contributed by atoms with E-state index in [1.807, 2.05) is 12.1 Å². The Morgan fingerprint density at radius 1 is 0.432 bits per heavy atom. The molecule has 2 saturated carbocycles. The zero-order chi connectivity index (χ0) is 57.8. The number of thioether (sulfide) groups is 2. The molecule has 0 aromatic heterocycles. The fourth-order valence-corrected chi connectivity index (χ4v) is 11.3. The fourth-order valence-electron chi connectivity index (χ4n) is 8.32. The number of carbonyl (C=O) groups excluding carboxylic acids is 8. The zero-order valence-electron chi connectivity index (χ0n) is 43.4. The largest absolute Gasteiger partial charge is 0.453 e. The fraction of sp³-hybridized carbons (Fsp3) is 0.293. The first-order valence-corrected chi connectivity index (χ1v) is 26.8. The van der Waals surface area contributed by atoms with Crippen LogP contribution in [0.4, 0.5) is 0 Å². The minimum absolute atomic E-state index is 0.00891. The van der Waals surface area contributed by atoms with Crippen molar-refractivity contribution in [2.24, 2.45) is 23.7 Å². The number of hydrogen-bond donors (Lipinski definition) is 0. The van der Waals surface area contributed by atoms with E-state index in [9.17, 15) is 43.6 Å². The van der Waals surface area contributed by atoms with E-state index < -0.39 is 98.6 Å². The monoisotopic (exact) mass is 1150 g/mol. The number of nitriles is 1. The molecule has 0 atom stereocenters. The molecule has 1 aliphatic heterocycles. The molecule has 0 radical (unpaired) electrons. The average molecular weight is 1150 g/mol. The highest BCUT2D eigenvalue weighted by atomic mass is 32.2. The minimum Gasteiger partial charge on any atom is -0.453 e. The normalized spacial score (nSPS) is 17.8. The molecule has 2 fully saturated rings. The van der Waals surface area contributed by atoms with Crippen molar-refractivity contribution >= 4 is 71.3 Å². The molecule has 0 bridgehead atoms. The van der Waals surface area contributed by atoms with Crippen LogP contribution in [0.1, 0.15) is 67.1 Å². The second-order valence-electron chi connectivity index (χ2n) is 17.7. The van der Waals surface area contributed by atoms with Gasteiger partial charge in [-0.15, -0.1) is 23.5 Å². The van der Waals surface area contributed by atoms with Crippen molar-refractivity contribution in [1.82, 2.24) is 0 Å². The Morgan fingerprint density at radius 2 is 0.741 bits per heavy atom. The molecule has 0 unspecified atom stereocenters. The van der Waals surface area contributed by atoms with Crippen molar-refractivity contribution in [2.75, 3.05) is 27.2 Å². The molecule has 23 heteroatoms. The molecule has 0 saturated heterocycles. The van der Waals surface area contributed by atoms with E-state index in [2.05, 4.69) is 32.4 Å². The van der Waals surface area contributed by atoms with Gasteiger partial charge < -0.3 is 56.8 Å². The summed E-state index contributed by atoms with van der Waals surface area (Å²) in [4.78, 5) is 102. The van der Waals surface area contributed by atoms with Gasteiger partial charge in [-0.1, -0.05) is 38.4 Å². The molecular weight excluding hydrogens is 1090 g/mol. The third-order valence-electron chi connectivity index (χ3n) is 12.6. The predicted octanol–water partition coefficient (Wildman–Crippen LogP) is 9.35. The van der Waals surface area contributed by atoms with E-state index in [1.54, 1.807) is 24.3 Å². The van der Waals surface area contributed by atoms with Gasteiger partial charge in [-0.05, 0) is 105 Å². The second kappa shape index (κ2) is 29.3. The maximum Gasteiger partial charge on any atom is 0.333 e. The Bertz CT molecular complexity index is 2920. The number of benzene rings is 4. The first-order chi connectivity index (χ1) is 39.2. The third kappa shape index (κ3) is 16.8. The number of carbonyl (C=O) groups is 8. The smallest absolute Gasteiger partial charge is 0.333 e. The molecule has 0 amide bonds. The van der Waals surface area contributed by atoms with E-state index in [0.29, 0.717) is 66.7 Å². The highest BCUT2D eigenvalue weighted by Crippen LogP contribution is 2.62. The van der Waals surface area contributed by atoms with Crippen LogP contribution < -0.4 is 37.9 Å². The summed E-state index contributed by atoms with van der Waals surface area (Å²) in [5.74, 6) is -6.39. The van der Waals surface area contributed by atoms with Crippen molar-refractivity contribution in [3.8, 4) is 52.1 Å². The van der Waals surface area contributed by atoms with Gasteiger partial charge in [0.25, 0.3) is 0 Å². The van der Waals surface area contributed by atoms with Crippen LogP contribution in [0.15, 0.2) is 133 Å². The summed E-state index contributed by atoms with van der Waals surface area (Å²) in [6.45, 7) is 11.2. The van der Waals surface area contributed by atoms with Crippen LogP contribution in [0, 0.1) is 35.0 Å². The van der Waals surface area contributed by atoms with Crippen molar-refractivity contribution in [1.29, 1.82) is 5.26 Å². The van der Waals surface area contributed by atoms with Gasteiger partial charge in [0, 0.05) is 36.4 Å². The van der Waals surface area contributed by atoms with Crippen LogP contribution >= 0.6 is 23.5 Å². The molecule has 422 valence electrons. The number of nitrogens with zero attached hydrogens (tertiary/aromatic N) is 1. The molecule has 3 aliphatic rings. The van der Waals surface area contributed by atoms with E-state index in [1.165, 1.54) is 59.9 Å². The van der Waals surface area contributed by atoms with Gasteiger partial charge in [-0.25, -0.2) is 19.2 Å². The zero-order valence-corrected chi connectivity index (χ0v) is 45.0. The third-order valence-corrected chi connectivity index (χ3v) is 15.6. The molecule has 7 rings (SSSR count). The van der Waals surface area contributed by atoms with E-state index in [0.717, 1.165) is 29.9 Å². The molecule has 2 aliphatic carbocycles. The van der Waals surface area contributed by atoms with Gasteiger partial charge in [0.15, 0.2) is 23.0 Å². The van der Waals surface area contributed by atoms with Gasteiger partial charge in [0.2, 0.25) is 27.2 Å². The summed E-state index contributed by atoms with van der Waals surface area (Å²) in [7, 11) is 0. The Morgan fingerprint density at radius 3 is 1.06 bits per heavy atom. The van der Waals surface area contributed by atoms with Gasteiger partial charge in [0.1, 0.15) is 23.0 Å². The van der Waals surface area contributed by atoms with Gasteiger partial charge >= 0.3 is 47.8 Å². The molecule has 81 heavy (non-hydrogen) atoms. The van der Waals surface area contributed by atoms with Crippen molar-refractivity contribution in [2.45, 2.75) is 65.7 Å². The highest BCUT2D eigenvalue weighted by Gasteiger charge is 2.37. The van der Waals surface area contributed by atoms with Gasteiger partial charge in [-0.2, -0.15) is 5.26 Å². The Labute approximate surface area is 473 Å². The van der Waals surface area contributed by atoms with Crippen molar-refractivity contribution in [3.05, 3.63) is 135 Å². The quantitative estimate of drug-likeness (QED) is 0.0196. The predicted molar refractivity (Wildman–Crippen MR) is 286 cm³/mol. The van der Waals surface area contributed by atoms with Crippen LogP contribution in [-0.4, -0.2) is 74.9 Å². The molecule has 4 aromatic rings. The summed E-state index contributed by atoms with van der Waals surface area (Å²) < 4.78 is 64.8. The molecule has 21 nitrogen and oxygen atoms in total. The van der Waals surface area contributed by atoms with Crippen LogP contribution in [-0.2, 0) is 57.3 Å². The number of rotatable bonds is 25. The molecule has 4 aromatic carbocycles. The minimum atomic E-state index is -0.746. The molecule has 0 spiro atoms. The lowest BCUT2D eigenvalue weighted by Crippen LogP contribution is -2.30. The second-order valence-corrected chi connectivity index (χ2v) is 20.3. The Kier molecular flexibility index (Phi) is 21.6. The Balaban J connectivity index is 0.956. The standard InChI is InChI=1S/C58H53NO20S2/c1-5-48(60)72-30-68-42-23-21-40(27-46(42)70-32-74-50(62)7-3)76-54(64)35-13-17-37(18-14-35)56(66)78-44-25-26-45(53-52(44)80-58(81-53)39-11-9-34(29-59)10-12-39)79-57(67)38-19-15-36(16-20-38)55(65)77-41-22-24-43(69-31-73-49(61)6-2)47(28-41)71-33-75-51(63)8-4/h5-12,21-28,35-38,58H,1-4,13-20,30-33H2. The molecular formula is C58H53NO20S2. The Hall–Kier alpha value is -9.01. The first kappa shape index (κ1) is 59.6. The van der Waals surface area contributed by atoms with Crippen LogP contribution in [0.2, 0.25) is 0 Å². The van der Waals surface area contributed by atoms with Crippen molar-refractivity contribution in [3.63, 3.8) is 0 Å². The van der Waals surface area contributed by atoms with Crippen LogP contribution in [0.3, 0.4) is 0 Å². The molecule has 1 heterocycles. The topological polar surface area (TPSA) is 271 Å². The summed E-state index contributed by atoms with van der Waals surface area (Å²) in [6.07, 6.45) is 6.34. The summed E-state index contributed by atoms with van der Waals surface area (Å²) >= 11 is 2.81. The number of esters is 8.